The molecule has 2 rings (SSSR count). The molecule has 4 nitrogen and oxygen atoms in total. The minimum Gasteiger partial charge on any atom is -0.497 e. The van der Waals surface area contributed by atoms with Crippen LogP contribution in [-0.4, -0.2) is 37.0 Å². The molecule has 1 unspecified atom stereocenters. The van der Waals surface area contributed by atoms with Crippen molar-refractivity contribution < 1.29 is 9.53 Å². The molecule has 1 atom stereocenters. The van der Waals surface area contributed by atoms with Gasteiger partial charge in [-0.25, -0.2) is 0 Å². The minimum atomic E-state index is -0.144. The first kappa shape index (κ1) is 15.8. The van der Waals surface area contributed by atoms with Crippen molar-refractivity contribution in [3.8, 4) is 5.75 Å². The first-order valence-corrected chi connectivity index (χ1v) is 7.86. The van der Waals surface area contributed by atoms with Gasteiger partial charge in [0.1, 0.15) is 5.75 Å². The van der Waals surface area contributed by atoms with Crippen molar-refractivity contribution in [1.29, 1.82) is 0 Å². The Bertz CT molecular complexity index is 454. The molecule has 1 N–H and O–H groups in total. The number of carbonyl (C=O) groups is 1. The van der Waals surface area contributed by atoms with E-state index in [4.69, 9.17) is 4.74 Å². The quantitative estimate of drug-likeness (QED) is 0.906. The predicted molar refractivity (Wildman–Crippen MR) is 84.3 cm³/mol. The number of likely N-dealkylation sites (tertiary alicyclic amines) is 1. The molecular weight excluding hydrogens is 264 g/mol. The summed E-state index contributed by atoms with van der Waals surface area (Å²) in [4.78, 5) is 14.4. The molecule has 4 heteroatoms. The van der Waals surface area contributed by atoms with E-state index in [1.54, 1.807) is 7.11 Å². The second-order valence-electron chi connectivity index (χ2n) is 5.69. The molecule has 21 heavy (non-hydrogen) atoms. The summed E-state index contributed by atoms with van der Waals surface area (Å²) in [5, 5.41) is 3.32. The Morgan fingerprint density at radius 1 is 1.29 bits per heavy atom. The fourth-order valence-electron chi connectivity index (χ4n) is 2.71. The van der Waals surface area contributed by atoms with Crippen LogP contribution in [0.2, 0.25) is 0 Å². The van der Waals surface area contributed by atoms with Crippen LogP contribution in [0.15, 0.2) is 24.3 Å². The summed E-state index contributed by atoms with van der Waals surface area (Å²) in [6, 6.07) is 7.79. The highest BCUT2D eigenvalue weighted by molar-refractivity contribution is 5.81. The van der Waals surface area contributed by atoms with Crippen LogP contribution in [0.4, 0.5) is 0 Å². The zero-order valence-corrected chi connectivity index (χ0v) is 13.1. The van der Waals surface area contributed by atoms with E-state index in [2.05, 4.69) is 5.32 Å². The number of benzene rings is 1. The van der Waals surface area contributed by atoms with Gasteiger partial charge in [0.2, 0.25) is 5.91 Å². The maximum absolute atomic E-state index is 12.4. The third kappa shape index (κ3) is 4.74. The lowest BCUT2D eigenvalue weighted by atomic mass is 10.2. The summed E-state index contributed by atoms with van der Waals surface area (Å²) < 4.78 is 5.22. The molecule has 0 aromatic heterocycles. The molecule has 116 valence electrons. The van der Waals surface area contributed by atoms with Crippen molar-refractivity contribution in [1.82, 2.24) is 10.2 Å². The molecule has 0 radical (unpaired) electrons. The van der Waals surface area contributed by atoms with Gasteiger partial charge in [0.15, 0.2) is 0 Å². The van der Waals surface area contributed by atoms with Crippen LogP contribution in [0.5, 0.6) is 5.75 Å². The Hall–Kier alpha value is -1.55. The van der Waals surface area contributed by atoms with Crippen molar-refractivity contribution in [3.05, 3.63) is 29.8 Å². The van der Waals surface area contributed by atoms with Crippen LogP contribution in [0.25, 0.3) is 0 Å². The predicted octanol–water partition coefficient (Wildman–Crippen LogP) is 2.58. The number of carbonyl (C=O) groups excluding carboxylic acids is 1. The largest absolute Gasteiger partial charge is 0.497 e. The van der Waals surface area contributed by atoms with Crippen LogP contribution in [-0.2, 0) is 11.3 Å². The first-order valence-electron chi connectivity index (χ1n) is 7.86. The molecular formula is C17H26N2O2. The number of ether oxygens (including phenoxy) is 1. The molecule has 0 saturated carbocycles. The highest BCUT2D eigenvalue weighted by Gasteiger charge is 2.20. The summed E-state index contributed by atoms with van der Waals surface area (Å²) in [7, 11) is 1.66. The molecule has 1 fully saturated rings. The van der Waals surface area contributed by atoms with Gasteiger partial charge < -0.3 is 15.0 Å². The lowest BCUT2D eigenvalue weighted by Crippen LogP contribution is -2.45. The summed E-state index contributed by atoms with van der Waals surface area (Å²) in [6.07, 6.45) is 4.76. The number of amides is 1. The lowest BCUT2D eigenvalue weighted by Gasteiger charge is -2.24. The molecule has 0 aliphatic carbocycles. The number of hydrogen-bond acceptors (Lipinski definition) is 3. The van der Waals surface area contributed by atoms with E-state index in [1.165, 1.54) is 12.8 Å². The Kier molecular flexibility index (Phi) is 6.05. The summed E-state index contributed by atoms with van der Waals surface area (Å²) in [6.45, 7) is 4.44. The van der Waals surface area contributed by atoms with E-state index in [-0.39, 0.29) is 11.9 Å². The fraction of sp³-hybridized carbons (Fsp3) is 0.588. The standard InChI is InChI=1S/C17H26N2O2/c1-14(17(20)19-10-5-3-4-6-11-19)18-13-15-8-7-9-16(12-15)21-2/h7-9,12,14,18H,3-6,10-11,13H2,1-2H3. The van der Waals surface area contributed by atoms with E-state index in [9.17, 15) is 4.79 Å². The molecule has 1 aromatic carbocycles. The average molecular weight is 290 g/mol. The van der Waals surface area contributed by atoms with Crippen molar-refractivity contribution in [3.63, 3.8) is 0 Å². The molecule has 1 aliphatic rings. The summed E-state index contributed by atoms with van der Waals surface area (Å²) in [5.74, 6) is 1.07. The van der Waals surface area contributed by atoms with Crippen molar-refractivity contribution in [2.24, 2.45) is 0 Å². The number of hydrogen-bond donors (Lipinski definition) is 1. The van der Waals surface area contributed by atoms with Gasteiger partial charge in [0.05, 0.1) is 13.2 Å². The molecule has 1 saturated heterocycles. The monoisotopic (exact) mass is 290 g/mol. The van der Waals surface area contributed by atoms with Crippen LogP contribution >= 0.6 is 0 Å². The first-order chi connectivity index (χ1) is 10.2. The maximum atomic E-state index is 12.4. The van der Waals surface area contributed by atoms with Crippen molar-refractivity contribution in [2.75, 3.05) is 20.2 Å². The Labute approximate surface area is 127 Å². The molecule has 0 bridgehead atoms. The number of nitrogens with one attached hydrogen (secondary N) is 1. The highest BCUT2D eigenvalue weighted by atomic mass is 16.5. The van der Waals surface area contributed by atoms with E-state index in [0.717, 1.165) is 37.2 Å². The number of methoxy groups -OCH3 is 1. The SMILES string of the molecule is COc1cccc(CNC(C)C(=O)N2CCCCCC2)c1. The molecule has 1 aliphatic heterocycles. The molecule has 1 aromatic rings. The van der Waals surface area contributed by atoms with Gasteiger partial charge in [-0.3, -0.25) is 4.79 Å². The fourth-order valence-corrected chi connectivity index (χ4v) is 2.71. The molecule has 0 spiro atoms. The zero-order valence-electron chi connectivity index (χ0n) is 13.1. The molecule has 1 amide bonds. The van der Waals surface area contributed by atoms with Gasteiger partial charge in [-0.05, 0) is 37.5 Å². The van der Waals surface area contributed by atoms with Gasteiger partial charge in [-0.15, -0.1) is 0 Å². The van der Waals surface area contributed by atoms with Crippen molar-refractivity contribution >= 4 is 5.91 Å². The summed E-state index contributed by atoms with van der Waals surface area (Å²) in [5.41, 5.74) is 1.13. The number of rotatable bonds is 5. The Morgan fingerprint density at radius 2 is 2.00 bits per heavy atom. The summed E-state index contributed by atoms with van der Waals surface area (Å²) >= 11 is 0. The van der Waals surface area contributed by atoms with Crippen molar-refractivity contribution in [2.45, 2.75) is 45.2 Å². The second-order valence-corrected chi connectivity index (χ2v) is 5.69. The topological polar surface area (TPSA) is 41.6 Å². The van der Waals surface area contributed by atoms with Crippen LogP contribution in [0.3, 0.4) is 0 Å². The van der Waals surface area contributed by atoms with Gasteiger partial charge in [-0.1, -0.05) is 25.0 Å². The molecule has 1 heterocycles. The van der Waals surface area contributed by atoms with Crippen LogP contribution in [0.1, 0.15) is 38.2 Å². The highest BCUT2D eigenvalue weighted by Crippen LogP contribution is 2.13. The third-order valence-corrected chi connectivity index (χ3v) is 4.03. The second kappa shape index (κ2) is 8.03. The normalized spacial score (nSPS) is 17.1. The van der Waals surface area contributed by atoms with Crippen LogP contribution in [0, 0.1) is 0 Å². The van der Waals surface area contributed by atoms with E-state index in [0.29, 0.717) is 6.54 Å². The number of nitrogens with zero attached hydrogens (tertiary/aromatic N) is 1. The smallest absolute Gasteiger partial charge is 0.239 e. The minimum absolute atomic E-state index is 0.144. The van der Waals surface area contributed by atoms with Gasteiger partial charge in [0.25, 0.3) is 0 Å². The maximum Gasteiger partial charge on any atom is 0.239 e. The Balaban J connectivity index is 1.85. The van der Waals surface area contributed by atoms with Crippen LogP contribution < -0.4 is 10.1 Å². The lowest BCUT2D eigenvalue weighted by molar-refractivity contribution is -0.133. The van der Waals surface area contributed by atoms with E-state index in [1.807, 2.05) is 36.1 Å². The van der Waals surface area contributed by atoms with Gasteiger partial charge in [0, 0.05) is 19.6 Å². The van der Waals surface area contributed by atoms with Gasteiger partial charge in [-0.2, -0.15) is 0 Å². The Morgan fingerprint density at radius 3 is 2.67 bits per heavy atom. The third-order valence-electron chi connectivity index (χ3n) is 4.03. The average Bonchev–Trinajstić information content (AvgIpc) is 2.81. The van der Waals surface area contributed by atoms with E-state index < -0.39 is 0 Å². The zero-order chi connectivity index (χ0) is 15.1. The van der Waals surface area contributed by atoms with E-state index >= 15 is 0 Å². The van der Waals surface area contributed by atoms with Gasteiger partial charge >= 0.3 is 0 Å².